The predicted molar refractivity (Wildman–Crippen MR) is 157 cm³/mol. The van der Waals surface area contributed by atoms with E-state index >= 15 is 0 Å². The number of hydrogen-bond acceptors (Lipinski definition) is 4. The molecule has 0 spiro atoms. The first-order valence-corrected chi connectivity index (χ1v) is 13.6. The van der Waals surface area contributed by atoms with Crippen molar-refractivity contribution < 1.29 is 4.74 Å². The van der Waals surface area contributed by atoms with E-state index in [0.29, 0.717) is 5.11 Å². The van der Waals surface area contributed by atoms with Crippen LogP contribution in [0.25, 0.3) is 5.69 Å². The largest absolute Gasteiger partial charge is 0.378 e. The van der Waals surface area contributed by atoms with Gasteiger partial charge in [-0.15, -0.1) is 0 Å². The molecule has 7 heteroatoms. The third-order valence-corrected chi connectivity index (χ3v) is 7.97. The Morgan fingerprint density at radius 1 is 0.868 bits per heavy atom. The molecule has 0 unspecified atom stereocenters. The van der Waals surface area contributed by atoms with Crippen molar-refractivity contribution in [3.8, 4) is 5.69 Å². The van der Waals surface area contributed by atoms with Crippen LogP contribution in [0.4, 0.5) is 11.4 Å². The normalized spacial score (nSPS) is 19.6. The number of nitrogens with one attached hydrogen (secondary N) is 1. The SMILES string of the molecule is Cc1cccc(-n2c(C)cc([C@H]3[C@@H](c4ccccn4)NC(=S)N3c3ccc(N4CCOCC4)cc3)c2C)c1. The summed E-state index contributed by atoms with van der Waals surface area (Å²) in [5.74, 6) is 0. The van der Waals surface area contributed by atoms with Crippen molar-refractivity contribution in [2.45, 2.75) is 32.9 Å². The minimum absolute atomic E-state index is 0.0450. The number of aromatic nitrogens is 2. The number of hydrogen-bond donors (Lipinski definition) is 1. The number of nitrogens with zero attached hydrogens (tertiary/aromatic N) is 4. The average molecular weight is 524 g/mol. The smallest absolute Gasteiger partial charge is 0.174 e. The zero-order valence-electron chi connectivity index (χ0n) is 22.1. The molecular weight excluding hydrogens is 490 g/mol. The lowest BCUT2D eigenvalue weighted by atomic mass is 9.96. The first kappa shape index (κ1) is 24.6. The van der Waals surface area contributed by atoms with Gasteiger partial charge < -0.3 is 24.4 Å². The van der Waals surface area contributed by atoms with Gasteiger partial charge in [0.1, 0.15) is 0 Å². The van der Waals surface area contributed by atoms with Gasteiger partial charge in [0.05, 0.1) is 31.0 Å². The van der Waals surface area contributed by atoms with Crippen molar-refractivity contribution in [1.82, 2.24) is 14.9 Å². The van der Waals surface area contributed by atoms with E-state index in [2.05, 4.69) is 101 Å². The van der Waals surface area contributed by atoms with E-state index in [9.17, 15) is 0 Å². The van der Waals surface area contributed by atoms with E-state index in [4.69, 9.17) is 21.9 Å². The Labute approximate surface area is 229 Å². The van der Waals surface area contributed by atoms with Crippen LogP contribution in [0.15, 0.2) is 79.0 Å². The number of rotatable bonds is 5. The Balaban J connectivity index is 1.43. The van der Waals surface area contributed by atoms with Gasteiger partial charge in [-0.05, 0) is 98.7 Å². The molecule has 2 fully saturated rings. The molecule has 1 N–H and O–H groups in total. The Morgan fingerprint density at radius 3 is 2.34 bits per heavy atom. The molecule has 2 saturated heterocycles. The highest BCUT2D eigenvalue weighted by molar-refractivity contribution is 7.80. The molecule has 2 aliphatic rings. The Morgan fingerprint density at radius 2 is 1.63 bits per heavy atom. The number of aryl methyl sites for hydroxylation is 2. The average Bonchev–Trinajstić information content (AvgIpc) is 3.44. The molecule has 0 saturated carbocycles. The van der Waals surface area contributed by atoms with Crippen molar-refractivity contribution in [2.24, 2.45) is 0 Å². The van der Waals surface area contributed by atoms with Crippen LogP contribution in [-0.2, 0) is 4.74 Å². The third kappa shape index (κ3) is 4.46. The maximum absolute atomic E-state index is 5.98. The van der Waals surface area contributed by atoms with Crippen LogP contribution in [0.1, 0.15) is 40.3 Å². The van der Waals surface area contributed by atoms with E-state index in [1.807, 2.05) is 18.3 Å². The van der Waals surface area contributed by atoms with Crippen LogP contribution in [0.2, 0.25) is 0 Å². The summed E-state index contributed by atoms with van der Waals surface area (Å²) in [5.41, 5.74) is 9.33. The quantitative estimate of drug-likeness (QED) is 0.333. The Kier molecular flexibility index (Phi) is 6.64. The van der Waals surface area contributed by atoms with Gasteiger partial charge in [0.2, 0.25) is 0 Å². The second kappa shape index (κ2) is 10.2. The summed E-state index contributed by atoms with van der Waals surface area (Å²) in [4.78, 5) is 9.37. The Bertz CT molecular complexity index is 1440. The van der Waals surface area contributed by atoms with Gasteiger partial charge in [0, 0.05) is 47.7 Å². The first-order chi connectivity index (χ1) is 18.5. The number of thiocarbonyl (C=S) groups is 1. The number of morpholine rings is 1. The fourth-order valence-corrected chi connectivity index (χ4v) is 6.19. The standard InChI is InChI=1S/C31H33N5OS/c1-21-7-6-8-26(19-21)35-22(2)20-27(23(35)3)30-29(28-9-4-5-14-32-28)33-31(38)36(30)25-12-10-24(11-13-25)34-15-17-37-18-16-34/h4-14,19-20,29-30H,15-18H2,1-3H3,(H,33,38)/t29-,30+/m1/s1. The van der Waals surface area contributed by atoms with Crippen LogP contribution < -0.4 is 15.1 Å². The highest BCUT2D eigenvalue weighted by atomic mass is 32.1. The second-order valence-electron chi connectivity index (χ2n) is 10.1. The lowest BCUT2D eigenvalue weighted by Gasteiger charge is -2.31. The maximum atomic E-state index is 5.98. The van der Waals surface area contributed by atoms with Crippen molar-refractivity contribution >= 4 is 28.7 Å². The zero-order valence-corrected chi connectivity index (χ0v) is 22.9. The zero-order chi connectivity index (χ0) is 26.2. The second-order valence-corrected chi connectivity index (χ2v) is 10.5. The minimum Gasteiger partial charge on any atom is -0.378 e. The van der Waals surface area contributed by atoms with E-state index in [0.717, 1.165) is 37.7 Å². The summed E-state index contributed by atoms with van der Waals surface area (Å²) in [6.07, 6.45) is 1.85. The predicted octanol–water partition coefficient (Wildman–Crippen LogP) is 5.81. The number of benzene rings is 2. The minimum atomic E-state index is -0.0749. The van der Waals surface area contributed by atoms with E-state index in [1.54, 1.807) is 0 Å². The molecule has 194 valence electrons. The summed E-state index contributed by atoms with van der Waals surface area (Å²) in [6.45, 7) is 9.89. The number of ether oxygens (including phenoxy) is 1. The molecule has 0 amide bonds. The summed E-state index contributed by atoms with van der Waals surface area (Å²) >= 11 is 5.98. The molecule has 4 aromatic rings. The summed E-state index contributed by atoms with van der Waals surface area (Å²) in [5, 5.41) is 4.32. The summed E-state index contributed by atoms with van der Waals surface area (Å²) in [7, 11) is 0. The highest BCUT2D eigenvalue weighted by Crippen LogP contribution is 2.44. The van der Waals surface area contributed by atoms with Crippen molar-refractivity contribution in [3.63, 3.8) is 0 Å². The molecule has 2 aromatic carbocycles. The van der Waals surface area contributed by atoms with Crippen LogP contribution in [-0.4, -0.2) is 41.0 Å². The highest BCUT2D eigenvalue weighted by Gasteiger charge is 2.42. The first-order valence-electron chi connectivity index (χ1n) is 13.2. The monoisotopic (exact) mass is 523 g/mol. The lowest BCUT2D eigenvalue weighted by molar-refractivity contribution is 0.122. The molecule has 2 aliphatic heterocycles. The molecule has 6 rings (SSSR count). The third-order valence-electron chi connectivity index (χ3n) is 7.65. The molecule has 6 nitrogen and oxygen atoms in total. The van der Waals surface area contributed by atoms with Crippen LogP contribution in [0.3, 0.4) is 0 Å². The molecule has 0 bridgehead atoms. The Hall–Kier alpha value is -3.68. The molecule has 2 atom stereocenters. The van der Waals surface area contributed by atoms with Crippen molar-refractivity contribution in [2.75, 3.05) is 36.1 Å². The molecule has 38 heavy (non-hydrogen) atoms. The van der Waals surface area contributed by atoms with E-state index in [-0.39, 0.29) is 12.1 Å². The molecule has 4 heterocycles. The molecular formula is C31H33N5OS. The fraction of sp³-hybridized carbons (Fsp3) is 0.290. The maximum Gasteiger partial charge on any atom is 0.174 e. The van der Waals surface area contributed by atoms with Gasteiger partial charge >= 0.3 is 0 Å². The van der Waals surface area contributed by atoms with Gasteiger partial charge in [-0.3, -0.25) is 4.98 Å². The topological polar surface area (TPSA) is 45.6 Å². The van der Waals surface area contributed by atoms with Crippen LogP contribution >= 0.6 is 12.2 Å². The summed E-state index contributed by atoms with van der Waals surface area (Å²) < 4.78 is 7.88. The van der Waals surface area contributed by atoms with Gasteiger partial charge in [0.15, 0.2) is 5.11 Å². The lowest BCUT2D eigenvalue weighted by Crippen LogP contribution is -2.36. The van der Waals surface area contributed by atoms with E-state index in [1.165, 1.54) is 33.9 Å². The van der Waals surface area contributed by atoms with Crippen molar-refractivity contribution in [1.29, 1.82) is 0 Å². The fourth-order valence-electron chi connectivity index (χ4n) is 5.85. The van der Waals surface area contributed by atoms with Gasteiger partial charge in [0.25, 0.3) is 0 Å². The number of pyridine rings is 1. The van der Waals surface area contributed by atoms with E-state index < -0.39 is 0 Å². The molecule has 0 radical (unpaired) electrons. The van der Waals surface area contributed by atoms with Crippen molar-refractivity contribution in [3.05, 3.63) is 107 Å². The number of anilines is 2. The molecule has 2 aromatic heterocycles. The summed E-state index contributed by atoms with van der Waals surface area (Å²) in [6, 6.07) is 25.7. The van der Waals surface area contributed by atoms with Crippen LogP contribution in [0.5, 0.6) is 0 Å². The van der Waals surface area contributed by atoms with Crippen LogP contribution in [0, 0.1) is 20.8 Å². The van der Waals surface area contributed by atoms with Gasteiger partial charge in [-0.2, -0.15) is 0 Å². The van der Waals surface area contributed by atoms with Gasteiger partial charge in [-0.1, -0.05) is 18.2 Å². The van der Waals surface area contributed by atoms with Gasteiger partial charge in [-0.25, -0.2) is 0 Å². The molecule has 0 aliphatic carbocycles.